The minimum Gasteiger partial charge on any atom is -0.481 e. The highest BCUT2D eigenvalue weighted by molar-refractivity contribution is 5.78. The molecule has 1 N–H and O–H groups in total. The number of amides is 1. The molecule has 0 bridgehead atoms. The zero-order valence-electron chi connectivity index (χ0n) is 11.3. The predicted octanol–water partition coefficient (Wildman–Crippen LogP) is 0.813. The summed E-state index contributed by atoms with van der Waals surface area (Å²) in [6.45, 7) is 2.18. The summed E-state index contributed by atoms with van der Waals surface area (Å²) in [4.78, 5) is 13.7. The summed E-state index contributed by atoms with van der Waals surface area (Å²) in [5, 5.41) is 9.08. The van der Waals surface area contributed by atoms with E-state index in [2.05, 4.69) is 0 Å². The number of rotatable bonds is 4. The van der Waals surface area contributed by atoms with E-state index in [0.717, 1.165) is 0 Å². The Morgan fingerprint density at radius 1 is 1.55 bits per heavy atom. The number of carbonyl (C=O) groups is 1. The predicted molar refractivity (Wildman–Crippen MR) is 69.9 cm³/mol. The third-order valence-corrected chi connectivity index (χ3v) is 3.22. The number of halogens is 1. The van der Waals surface area contributed by atoms with Crippen LogP contribution in [-0.2, 0) is 9.53 Å². The molecular weight excluding hydrogens is 265 g/mol. The fourth-order valence-corrected chi connectivity index (χ4v) is 2.06. The molecule has 0 spiro atoms. The lowest BCUT2D eigenvalue weighted by molar-refractivity contribution is -0.148. The van der Waals surface area contributed by atoms with E-state index in [0.29, 0.717) is 13.2 Å². The van der Waals surface area contributed by atoms with E-state index in [4.69, 9.17) is 14.6 Å². The van der Waals surface area contributed by atoms with Crippen molar-refractivity contribution in [3.05, 3.63) is 30.1 Å². The minimum atomic E-state index is -0.497. The van der Waals surface area contributed by atoms with Gasteiger partial charge in [0.25, 0.3) is 5.91 Å². The molecule has 1 heterocycles. The number of aliphatic hydroxyl groups is 1. The molecule has 0 radical (unpaired) electrons. The molecule has 2 rings (SSSR count). The van der Waals surface area contributed by atoms with Gasteiger partial charge in [-0.2, -0.15) is 0 Å². The second-order valence-electron chi connectivity index (χ2n) is 4.75. The van der Waals surface area contributed by atoms with Crippen LogP contribution in [0.1, 0.15) is 6.92 Å². The first-order chi connectivity index (χ1) is 9.61. The van der Waals surface area contributed by atoms with Crippen LogP contribution in [-0.4, -0.2) is 54.4 Å². The average Bonchev–Trinajstić information content (AvgIpc) is 2.46. The SMILES string of the molecule is CC1COC(CO)CN1C(=O)COc1ccccc1F. The Morgan fingerprint density at radius 3 is 3.00 bits per heavy atom. The number of nitrogens with zero attached hydrogens (tertiary/aromatic N) is 1. The second kappa shape index (κ2) is 6.67. The normalized spacial score (nSPS) is 22.6. The average molecular weight is 283 g/mol. The Balaban J connectivity index is 1.92. The third kappa shape index (κ3) is 3.46. The fraction of sp³-hybridized carbons (Fsp3) is 0.500. The van der Waals surface area contributed by atoms with Crippen LogP contribution in [0.2, 0.25) is 0 Å². The summed E-state index contributed by atoms with van der Waals surface area (Å²) in [7, 11) is 0. The first kappa shape index (κ1) is 14.7. The molecule has 1 saturated heterocycles. The van der Waals surface area contributed by atoms with Gasteiger partial charge in [0.1, 0.15) is 0 Å². The van der Waals surface area contributed by atoms with E-state index >= 15 is 0 Å². The first-order valence-electron chi connectivity index (χ1n) is 6.51. The van der Waals surface area contributed by atoms with E-state index in [9.17, 15) is 9.18 Å². The molecule has 5 nitrogen and oxygen atoms in total. The summed E-state index contributed by atoms with van der Waals surface area (Å²) >= 11 is 0. The van der Waals surface area contributed by atoms with E-state index in [1.165, 1.54) is 12.1 Å². The van der Waals surface area contributed by atoms with E-state index in [1.807, 2.05) is 6.92 Å². The van der Waals surface area contributed by atoms with Gasteiger partial charge in [-0.3, -0.25) is 4.79 Å². The van der Waals surface area contributed by atoms with Crippen LogP contribution in [0.3, 0.4) is 0 Å². The standard InChI is InChI=1S/C14H18FNO4/c1-10-8-19-11(7-17)6-16(10)14(18)9-20-13-5-3-2-4-12(13)15/h2-5,10-11,17H,6-9H2,1H3. The molecule has 1 aliphatic rings. The Hall–Kier alpha value is -1.66. The van der Waals surface area contributed by atoms with Gasteiger partial charge in [0.2, 0.25) is 0 Å². The van der Waals surface area contributed by atoms with Crippen LogP contribution < -0.4 is 4.74 Å². The number of para-hydroxylation sites is 1. The van der Waals surface area contributed by atoms with E-state index in [1.54, 1.807) is 17.0 Å². The van der Waals surface area contributed by atoms with Gasteiger partial charge in [-0.25, -0.2) is 4.39 Å². The molecule has 1 aliphatic heterocycles. The van der Waals surface area contributed by atoms with Crippen molar-refractivity contribution in [1.29, 1.82) is 0 Å². The van der Waals surface area contributed by atoms with Gasteiger partial charge in [0, 0.05) is 6.54 Å². The monoisotopic (exact) mass is 283 g/mol. The molecule has 0 aromatic heterocycles. The smallest absolute Gasteiger partial charge is 0.260 e. The number of ether oxygens (including phenoxy) is 2. The van der Waals surface area contributed by atoms with Crippen molar-refractivity contribution in [3.8, 4) is 5.75 Å². The van der Waals surface area contributed by atoms with Gasteiger partial charge >= 0.3 is 0 Å². The lowest BCUT2D eigenvalue weighted by atomic mass is 10.2. The van der Waals surface area contributed by atoms with Crippen molar-refractivity contribution in [2.75, 3.05) is 26.4 Å². The van der Waals surface area contributed by atoms with Gasteiger partial charge in [0.05, 0.1) is 25.4 Å². The summed E-state index contributed by atoms with van der Waals surface area (Å²) in [5.74, 6) is -0.688. The topological polar surface area (TPSA) is 59.0 Å². The Labute approximate surface area is 116 Å². The molecule has 0 saturated carbocycles. The molecule has 1 aromatic rings. The molecule has 1 aromatic carbocycles. The molecular formula is C14H18FNO4. The lowest BCUT2D eigenvalue weighted by Crippen LogP contribution is -2.53. The number of carbonyl (C=O) groups excluding carboxylic acids is 1. The number of hydrogen-bond donors (Lipinski definition) is 1. The summed E-state index contributed by atoms with van der Waals surface area (Å²) in [6.07, 6.45) is -0.372. The number of benzene rings is 1. The molecule has 0 aliphatic carbocycles. The van der Waals surface area contributed by atoms with Crippen molar-refractivity contribution in [2.45, 2.75) is 19.1 Å². The van der Waals surface area contributed by atoms with Crippen molar-refractivity contribution in [3.63, 3.8) is 0 Å². The van der Waals surface area contributed by atoms with Crippen LogP contribution in [0.5, 0.6) is 5.75 Å². The van der Waals surface area contributed by atoms with Crippen LogP contribution in [0.4, 0.5) is 4.39 Å². The maximum Gasteiger partial charge on any atom is 0.260 e. The molecule has 110 valence electrons. The largest absolute Gasteiger partial charge is 0.481 e. The maximum absolute atomic E-state index is 13.4. The number of aliphatic hydroxyl groups excluding tert-OH is 1. The van der Waals surface area contributed by atoms with Crippen LogP contribution in [0, 0.1) is 5.82 Å². The molecule has 1 amide bonds. The fourth-order valence-electron chi connectivity index (χ4n) is 2.06. The zero-order chi connectivity index (χ0) is 14.5. The van der Waals surface area contributed by atoms with Crippen molar-refractivity contribution >= 4 is 5.91 Å². The molecule has 2 atom stereocenters. The molecule has 1 fully saturated rings. The number of morpholine rings is 1. The van der Waals surface area contributed by atoms with Crippen LogP contribution in [0.15, 0.2) is 24.3 Å². The molecule has 6 heteroatoms. The summed E-state index contributed by atoms with van der Waals surface area (Å²) in [5.41, 5.74) is 0. The van der Waals surface area contributed by atoms with Crippen molar-refractivity contribution in [2.24, 2.45) is 0 Å². The zero-order valence-corrected chi connectivity index (χ0v) is 11.3. The summed E-state index contributed by atoms with van der Waals surface area (Å²) < 4.78 is 23.9. The highest BCUT2D eigenvalue weighted by atomic mass is 19.1. The second-order valence-corrected chi connectivity index (χ2v) is 4.75. The van der Waals surface area contributed by atoms with E-state index < -0.39 is 5.82 Å². The number of hydrogen-bond acceptors (Lipinski definition) is 4. The Morgan fingerprint density at radius 2 is 2.30 bits per heavy atom. The third-order valence-electron chi connectivity index (χ3n) is 3.22. The van der Waals surface area contributed by atoms with Gasteiger partial charge < -0.3 is 19.5 Å². The first-order valence-corrected chi connectivity index (χ1v) is 6.51. The van der Waals surface area contributed by atoms with Gasteiger partial charge in [-0.05, 0) is 19.1 Å². The quantitative estimate of drug-likeness (QED) is 0.888. The van der Waals surface area contributed by atoms with Gasteiger partial charge in [0.15, 0.2) is 18.2 Å². The van der Waals surface area contributed by atoms with Gasteiger partial charge in [-0.1, -0.05) is 12.1 Å². The summed E-state index contributed by atoms with van der Waals surface area (Å²) in [6, 6.07) is 5.86. The van der Waals surface area contributed by atoms with Gasteiger partial charge in [-0.15, -0.1) is 0 Å². The lowest BCUT2D eigenvalue weighted by Gasteiger charge is -2.37. The minimum absolute atomic E-state index is 0.0560. The van der Waals surface area contributed by atoms with Crippen LogP contribution >= 0.6 is 0 Å². The van der Waals surface area contributed by atoms with Crippen LogP contribution in [0.25, 0.3) is 0 Å². The molecule has 20 heavy (non-hydrogen) atoms. The highest BCUT2D eigenvalue weighted by Gasteiger charge is 2.29. The van der Waals surface area contributed by atoms with Crippen molar-refractivity contribution < 1.29 is 23.8 Å². The Bertz CT molecular complexity index is 468. The van der Waals surface area contributed by atoms with Crippen molar-refractivity contribution in [1.82, 2.24) is 4.90 Å². The Kier molecular flexibility index (Phi) is 4.92. The highest BCUT2D eigenvalue weighted by Crippen LogP contribution is 2.16. The molecule has 2 unspecified atom stereocenters. The van der Waals surface area contributed by atoms with E-state index in [-0.39, 0.29) is 37.0 Å². The maximum atomic E-state index is 13.4.